The van der Waals surface area contributed by atoms with Crippen LogP contribution in [0.25, 0.3) is 22.4 Å². The van der Waals surface area contributed by atoms with Crippen LogP contribution in [0, 0.1) is 0 Å². The van der Waals surface area contributed by atoms with Crippen LogP contribution in [0.5, 0.6) is 5.75 Å². The summed E-state index contributed by atoms with van der Waals surface area (Å²) in [5.74, 6) is -0.340. The number of imidazole rings is 1. The summed E-state index contributed by atoms with van der Waals surface area (Å²) in [7, 11) is -2.45. The van der Waals surface area contributed by atoms with Crippen molar-refractivity contribution in [2.45, 2.75) is 4.90 Å². The van der Waals surface area contributed by atoms with Crippen LogP contribution in [0.1, 0.15) is 10.4 Å². The van der Waals surface area contributed by atoms with Crippen LogP contribution in [-0.4, -0.2) is 36.6 Å². The maximum Gasteiger partial charge on any atom is 0.335 e. The van der Waals surface area contributed by atoms with Gasteiger partial charge >= 0.3 is 5.97 Å². The van der Waals surface area contributed by atoms with E-state index in [2.05, 4.69) is 9.97 Å². The van der Waals surface area contributed by atoms with E-state index < -0.39 is 16.0 Å². The number of sulfonamides is 1. The number of carboxylic acids is 1. The number of ether oxygens (including phenoxy) is 1. The lowest BCUT2D eigenvalue weighted by Gasteiger charge is -2.08. The minimum absolute atomic E-state index is 0.0765. The number of primary sulfonamides is 1. The second kappa shape index (κ2) is 5.62. The molecule has 0 atom stereocenters. The molecule has 0 aliphatic heterocycles. The fourth-order valence-electron chi connectivity index (χ4n) is 2.31. The van der Waals surface area contributed by atoms with E-state index >= 15 is 0 Å². The summed E-state index contributed by atoms with van der Waals surface area (Å²) in [6.07, 6.45) is 0. The Morgan fingerprint density at radius 3 is 2.62 bits per heavy atom. The van der Waals surface area contributed by atoms with Gasteiger partial charge in [0.05, 0.1) is 34.2 Å². The Morgan fingerprint density at radius 1 is 1.25 bits per heavy atom. The fraction of sp³-hybridized carbons (Fsp3) is 0.0667. The Morgan fingerprint density at radius 2 is 2.00 bits per heavy atom. The highest BCUT2D eigenvalue weighted by atomic mass is 32.2. The van der Waals surface area contributed by atoms with Crippen LogP contribution in [0.15, 0.2) is 41.3 Å². The summed E-state index contributed by atoms with van der Waals surface area (Å²) < 4.78 is 28.1. The molecular formula is C15H13N3O5S. The summed E-state index contributed by atoms with van der Waals surface area (Å²) >= 11 is 0. The third-order valence-corrected chi connectivity index (χ3v) is 4.40. The summed E-state index contributed by atoms with van der Waals surface area (Å²) in [5.41, 5.74) is 1.78. The molecule has 3 aromatic rings. The molecule has 0 aliphatic carbocycles. The van der Waals surface area contributed by atoms with Crippen LogP contribution in [0.3, 0.4) is 0 Å². The molecule has 0 unspecified atom stereocenters. The zero-order valence-corrected chi connectivity index (χ0v) is 13.3. The van der Waals surface area contributed by atoms with Crippen molar-refractivity contribution in [2.75, 3.05) is 7.11 Å². The lowest BCUT2D eigenvalue weighted by atomic mass is 10.2. The molecule has 4 N–H and O–H groups in total. The van der Waals surface area contributed by atoms with Gasteiger partial charge in [0.2, 0.25) is 10.0 Å². The number of nitrogens with two attached hydrogens (primary N) is 1. The average molecular weight is 347 g/mol. The molecule has 124 valence electrons. The van der Waals surface area contributed by atoms with Gasteiger partial charge in [-0.3, -0.25) is 0 Å². The molecule has 0 amide bonds. The van der Waals surface area contributed by atoms with Crippen LogP contribution >= 0.6 is 0 Å². The van der Waals surface area contributed by atoms with Gasteiger partial charge in [-0.25, -0.2) is 23.3 Å². The van der Waals surface area contributed by atoms with Crippen LogP contribution in [0.2, 0.25) is 0 Å². The van der Waals surface area contributed by atoms with Gasteiger partial charge < -0.3 is 14.8 Å². The second-order valence-corrected chi connectivity index (χ2v) is 6.59. The monoisotopic (exact) mass is 347 g/mol. The highest BCUT2D eigenvalue weighted by Gasteiger charge is 2.16. The molecule has 0 radical (unpaired) electrons. The quantitative estimate of drug-likeness (QED) is 0.656. The maximum atomic E-state index is 11.4. The summed E-state index contributed by atoms with van der Waals surface area (Å²) in [6, 6.07) is 8.69. The molecule has 3 rings (SSSR count). The minimum atomic E-state index is -3.85. The number of methoxy groups -OCH3 is 1. The zero-order chi connectivity index (χ0) is 17.5. The van der Waals surface area contributed by atoms with E-state index in [1.807, 2.05) is 0 Å². The molecule has 24 heavy (non-hydrogen) atoms. The van der Waals surface area contributed by atoms with Gasteiger partial charge in [-0.05, 0) is 30.3 Å². The van der Waals surface area contributed by atoms with Crippen molar-refractivity contribution in [3.63, 3.8) is 0 Å². The number of hydrogen-bond acceptors (Lipinski definition) is 5. The summed E-state index contributed by atoms with van der Waals surface area (Å²) in [6.45, 7) is 0. The number of carboxylic acid groups (broad SMARTS) is 1. The van der Waals surface area contributed by atoms with E-state index in [1.165, 1.54) is 37.4 Å². The van der Waals surface area contributed by atoms with Gasteiger partial charge in [0.15, 0.2) is 0 Å². The van der Waals surface area contributed by atoms with Crippen molar-refractivity contribution >= 4 is 27.0 Å². The van der Waals surface area contributed by atoms with Crippen LogP contribution < -0.4 is 9.88 Å². The Kier molecular flexibility index (Phi) is 3.74. The number of benzene rings is 2. The van der Waals surface area contributed by atoms with Gasteiger partial charge in [-0.1, -0.05) is 0 Å². The van der Waals surface area contributed by atoms with Crippen molar-refractivity contribution in [1.29, 1.82) is 0 Å². The predicted molar refractivity (Wildman–Crippen MR) is 86.4 cm³/mol. The van der Waals surface area contributed by atoms with Gasteiger partial charge in [0.25, 0.3) is 0 Å². The third kappa shape index (κ3) is 2.82. The largest absolute Gasteiger partial charge is 0.496 e. The lowest BCUT2D eigenvalue weighted by molar-refractivity contribution is 0.0697. The van der Waals surface area contributed by atoms with Crippen molar-refractivity contribution in [2.24, 2.45) is 5.14 Å². The number of nitrogens with one attached hydrogen (secondary N) is 1. The first-order valence-electron chi connectivity index (χ1n) is 6.74. The van der Waals surface area contributed by atoms with Crippen molar-refractivity contribution < 1.29 is 23.1 Å². The van der Waals surface area contributed by atoms with Crippen molar-refractivity contribution in [3.8, 4) is 17.1 Å². The van der Waals surface area contributed by atoms with E-state index in [9.17, 15) is 13.2 Å². The van der Waals surface area contributed by atoms with E-state index in [4.69, 9.17) is 15.0 Å². The zero-order valence-electron chi connectivity index (χ0n) is 12.5. The molecule has 0 saturated carbocycles. The average Bonchev–Trinajstić information content (AvgIpc) is 2.96. The molecule has 0 saturated heterocycles. The maximum absolute atomic E-state index is 11.4. The molecule has 0 bridgehead atoms. The predicted octanol–water partition coefficient (Wildman–Crippen LogP) is 1.58. The van der Waals surface area contributed by atoms with Crippen LogP contribution in [-0.2, 0) is 10.0 Å². The molecule has 2 aromatic carbocycles. The van der Waals surface area contributed by atoms with Crippen LogP contribution in [0.4, 0.5) is 0 Å². The summed E-state index contributed by atoms with van der Waals surface area (Å²) in [5, 5.41) is 14.1. The van der Waals surface area contributed by atoms with Gasteiger partial charge in [0, 0.05) is 6.07 Å². The smallest absolute Gasteiger partial charge is 0.335 e. The molecule has 1 heterocycles. The molecule has 9 heteroatoms. The van der Waals surface area contributed by atoms with E-state index in [0.29, 0.717) is 22.4 Å². The Labute approximate surface area is 136 Å². The first-order chi connectivity index (χ1) is 11.3. The number of aromatic carboxylic acids is 1. The SMILES string of the molecule is COc1cc(S(N)(=O)=O)ccc1-c1nc2ccc(C(=O)O)cc2[nH]1. The summed E-state index contributed by atoms with van der Waals surface area (Å²) in [4.78, 5) is 18.3. The lowest BCUT2D eigenvalue weighted by Crippen LogP contribution is -2.12. The van der Waals surface area contributed by atoms with E-state index in [0.717, 1.165) is 0 Å². The molecule has 1 aromatic heterocycles. The molecule has 0 aliphatic rings. The van der Waals surface area contributed by atoms with Gasteiger partial charge in [0.1, 0.15) is 11.6 Å². The second-order valence-electron chi connectivity index (χ2n) is 5.03. The Hall–Kier alpha value is -2.91. The highest BCUT2D eigenvalue weighted by Crippen LogP contribution is 2.31. The number of hydrogen-bond donors (Lipinski definition) is 3. The number of H-pyrrole nitrogens is 1. The fourth-order valence-corrected chi connectivity index (χ4v) is 2.84. The number of fused-ring (bicyclic) bond motifs is 1. The Balaban J connectivity index is 2.14. The topological polar surface area (TPSA) is 135 Å². The molecule has 0 fully saturated rings. The number of aromatic amines is 1. The number of rotatable bonds is 4. The molecule has 8 nitrogen and oxygen atoms in total. The first kappa shape index (κ1) is 16.0. The normalized spacial score (nSPS) is 11.6. The number of aromatic nitrogens is 2. The van der Waals surface area contributed by atoms with Gasteiger partial charge in [-0.15, -0.1) is 0 Å². The van der Waals surface area contributed by atoms with E-state index in [-0.39, 0.29) is 16.2 Å². The molecule has 0 spiro atoms. The number of carbonyl (C=O) groups is 1. The third-order valence-electron chi connectivity index (χ3n) is 3.49. The standard InChI is InChI=1S/C15H13N3O5S/c1-23-13-7-9(24(16,21)22)3-4-10(13)14-17-11-5-2-8(15(19)20)6-12(11)18-14/h2-7H,1H3,(H,17,18)(H,19,20)(H2,16,21,22). The van der Waals surface area contributed by atoms with E-state index in [1.54, 1.807) is 6.07 Å². The highest BCUT2D eigenvalue weighted by molar-refractivity contribution is 7.89. The molecular weight excluding hydrogens is 334 g/mol. The Bertz CT molecular complexity index is 1060. The van der Waals surface area contributed by atoms with Crippen molar-refractivity contribution in [1.82, 2.24) is 9.97 Å². The number of nitrogens with zero attached hydrogens (tertiary/aromatic N) is 1. The first-order valence-corrected chi connectivity index (χ1v) is 8.28. The minimum Gasteiger partial charge on any atom is -0.496 e. The van der Waals surface area contributed by atoms with Gasteiger partial charge in [-0.2, -0.15) is 0 Å². The van der Waals surface area contributed by atoms with Crippen molar-refractivity contribution in [3.05, 3.63) is 42.0 Å².